The number of nitrogens with one attached hydrogen (secondary N) is 1. The lowest BCUT2D eigenvalue weighted by Crippen LogP contribution is -2.40. The van der Waals surface area contributed by atoms with Gasteiger partial charge in [-0.25, -0.2) is 0 Å². The maximum Gasteiger partial charge on any atom is 0.244 e. The normalized spacial score (nSPS) is 34.1. The summed E-state index contributed by atoms with van der Waals surface area (Å²) in [6.45, 7) is -0.278. The molecule has 4 aliphatic carbocycles. The van der Waals surface area contributed by atoms with Crippen molar-refractivity contribution in [2.24, 2.45) is 35.5 Å². The summed E-state index contributed by atoms with van der Waals surface area (Å²) in [7, 11) is 3.04. The molecule has 7 heteroatoms. The summed E-state index contributed by atoms with van der Waals surface area (Å²) in [5, 5.41) is 2.74. The number of nitrogens with zero attached hydrogens (tertiary/aromatic N) is 1. The number of ether oxygens (including phenoxy) is 2. The number of amides is 3. The van der Waals surface area contributed by atoms with Crippen LogP contribution < -0.4 is 14.8 Å². The predicted octanol–water partition coefficient (Wildman–Crippen LogP) is 1.70. The van der Waals surface area contributed by atoms with E-state index in [9.17, 15) is 14.4 Å². The molecule has 0 aromatic heterocycles. The zero-order chi connectivity index (χ0) is 19.6. The Morgan fingerprint density at radius 1 is 1.07 bits per heavy atom. The maximum atomic E-state index is 13.0. The molecule has 1 heterocycles. The smallest absolute Gasteiger partial charge is 0.244 e. The quantitative estimate of drug-likeness (QED) is 0.619. The van der Waals surface area contributed by atoms with Crippen molar-refractivity contribution >= 4 is 23.4 Å². The van der Waals surface area contributed by atoms with Gasteiger partial charge in [-0.2, -0.15) is 0 Å². The molecular formula is C21H22N2O5. The molecule has 1 saturated heterocycles. The van der Waals surface area contributed by atoms with Crippen molar-refractivity contribution in [3.63, 3.8) is 0 Å². The third-order valence-corrected chi connectivity index (χ3v) is 6.74. The highest BCUT2D eigenvalue weighted by atomic mass is 16.5. The van der Waals surface area contributed by atoms with E-state index in [1.54, 1.807) is 18.2 Å². The molecule has 3 amide bonds. The van der Waals surface area contributed by atoms with Crippen LogP contribution in [0.1, 0.15) is 6.42 Å². The first-order chi connectivity index (χ1) is 13.5. The van der Waals surface area contributed by atoms with Crippen molar-refractivity contribution in [1.82, 2.24) is 4.90 Å². The Bertz CT molecular complexity index is 874. The molecule has 6 atom stereocenters. The lowest BCUT2D eigenvalue weighted by Gasteiger charge is -2.37. The Morgan fingerprint density at radius 3 is 2.29 bits per heavy atom. The summed E-state index contributed by atoms with van der Waals surface area (Å²) in [6, 6.07) is 5.05. The SMILES string of the molecule is COc1ccc(OC)c(NC(=O)CN2C(=O)[C@@H]3[C@H]4C=C[C@@H]([C@@H]5C[C@@H]45)[C@H]3C2=O)c1. The highest BCUT2D eigenvalue weighted by molar-refractivity contribution is 6.09. The summed E-state index contributed by atoms with van der Waals surface area (Å²) in [4.78, 5) is 39.7. The van der Waals surface area contributed by atoms with E-state index in [2.05, 4.69) is 17.5 Å². The van der Waals surface area contributed by atoms with Crippen LogP contribution in [-0.4, -0.2) is 43.4 Å². The van der Waals surface area contributed by atoms with Crippen molar-refractivity contribution in [3.05, 3.63) is 30.4 Å². The fraction of sp³-hybridized carbons (Fsp3) is 0.476. The number of rotatable bonds is 5. The molecule has 2 saturated carbocycles. The highest BCUT2D eigenvalue weighted by Crippen LogP contribution is 2.65. The number of likely N-dealkylation sites (tertiary alicyclic amines) is 1. The molecular weight excluding hydrogens is 360 g/mol. The molecule has 3 fully saturated rings. The minimum Gasteiger partial charge on any atom is -0.497 e. The lowest BCUT2D eigenvalue weighted by molar-refractivity contribution is -0.142. The van der Waals surface area contributed by atoms with Gasteiger partial charge in [-0.1, -0.05) is 12.2 Å². The van der Waals surface area contributed by atoms with Gasteiger partial charge in [0.05, 0.1) is 31.7 Å². The largest absolute Gasteiger partial charge is 0.497 e. The van der Waals surface area contributed by atoms with E-state index >= 15 is 0 Å². The Morgan fingerprint density at radius 2 is 1.71 bits per heavy atom. The monoisotopic (exact) mass is 382 g/mol. The summed E-state index contributed by atoms with van der Waals surface area (Å²) >= 11 is 0. The molecule has 0 unspecified atom stereocenters. The van der Waals surface area contributed by atoms with Crippen LogP contribution >= 0.6 is 0 Å². The van der Waals surface area contributed by atoms with Crippen molar-refractivity contribution in [2.45, 2.75) is 6.42 Å². The number of allylic oxidation sites excluding steroid dienone is 2. The second kappa shape index (κ2) is 6.09. The van der Waals surface area contributed by atoms with E-state index in [1.165, 1.54) is 14.2 Å². The van der Waals surface area contributed by atoms with Crippen molar-refractivity contribution < 1.29 is 23.9 Å². The van der Waals surface area contributed by atoms with Gasteiger partial charge < -0.3 is 14.8 Å². The van der Waals surface area contributed by atoms with Gasteiger partial charge in [0.25, 0.3) is 0 Å². The number of hydrogen-bond donors (Lipinski definition) is 1. The van der Waals surface area contributed by atoms with E-state index in [0.717, 1.165) is 11.3 Å². The van der Waals surface area contributed by atoms with Gasteiger partial charge in [0, 0.05) is 6.07 Å². The first-order valence-electron chi connectivity index (χ1n) is 9.59. The third kappa shape index (κ3) is 2.38. The first kappa shape index (κ1) is 17.3. The third-order valence-electron chi connectivity index (χ3n) is 6.74. The van der Waals surface area contributed by atoms with Crippen LogP contribution in [0.25, 0.3) is 0 Å². The van der Waals surface area contributed by atoms with Crippen LogP contribution in [0, 0.1) is 35.5 Å². The molecule has 5 aliphatic rings. The van der Waals surface area contributed by atoms with E-state index in [-0.39, 0.29) is 42.0 Å². The van der Waals surface area contributed by atoms with Crippen LogP contribution in [0.2, 0.25) is 0 Å². The fourth-order valence-electron chi connectivity index (χ4n) is 5.42. The van der Waals surface area contributed by atoms with Crippen LogP contribution in [0.4, 0.5) is 5.69 Å². The molecule has 0 spiro atoms. The standard InChI is InChI=1S/C21H22N2O5/c1-27-10-3-6-16(28-2)15(7-10)22-17(24)9-23-20(25)18-11-4-5-12(14-8-13(11)14)19(18)21(23)26/h3-7,11-14,18-19H,8-9H2,1-2H3,(H,22,24)/t11-,12-,13-,14-,18+,19+/m0/s1. The van der Waals surface area contributed by atoms with E-state index in [4.69, 9.17) is 9.47 Å². The van der Waals surface area contributed by atoms with E-state index in [0.29, 0.717) is 29.0 Å². The van der Waals surface area contributed by atoms with E-state index in [1.807, 2.05) is 0 Å². The summed E-state index contributed by atoms with van der Waals surface area (Å²) in [6.07, 6.45) is 5.36. The topological polar surface area (TPSA) is 84.9 Å². The number of anilines is 1. The Labute approximate surface area is 162 Å². The molecule has 6 rings (SSSR count). The number of carbonyl (C=O) groups excluding carboxylic acids is 3. The Hall–Kier alpha value is -2.83. The molecule has 2 bridgehead atoms. The Kier molecular flexibility index (Phi) is 3.76. The van der Waals surface area contributed by atoms with Gasteiger partial charge in [-0.05, 0) is 42.2 Å². The van der Waals surface area contributed by atoms with Gasteiger partial charge >= 0.3 is 0 Å². The molecule has 0 radical (unpaired) electrons. The summed E-state index contributed by atoms with van der Waals surface area (Å²) in [5.41, 5.74) is 0.436. The number of imide groups is 1. The number of methoxy groups -OCH3 is 2. The Balaban J connectivity index is 1.33. The van der Waals surface area contributed by atoms with Crippen LogP contribution in [0.15, 0.2) is 30.4 Å². The second-order valence-electron chi connectivity index (χ2n) is 8.03. The summed E-state index contributed by atoms with van der Waals surface area (Å²) < 4.78 is 10.4. The average Bonchev–Trinajstić information content (AvgIpc) is 3.49. The molecule has 146 valence electrons. The molecule has 7 nitrogen and oxygen atoms in total. The highest BCUT2D eigenvalue weighted by Gasteiger charge is 2.67. The fourth-order valence-corrected chi connectivity index (χ4v) is 5.42. The zero-order valence-electron chi connectivity index (χ0n) is 15.8. The zero-order valence-corrected chi connectivity index (χ0v) is 15.8. The van der Waals surface area contributed by atoms with Crippen molar-refractivity contribution in [1.29, 1.82) is 0 Å². The van der Waals surface area contributed by atoms with Crippen molar-refractivity contribution in [2.75, 3.05) is 26.1 Å². The lowest BCUT2D eigenvalue weighted by atomic mass is 9.63. The van der Waals surface area contributed by atoms with Gasteiger partial charge in [0.2, 0.25) is 17.7 Å². The number of hydrogen-bond acceptors (Lipinski definition) is 5. The molecule has 1 aromatic carbocycles. The second-order valence-corrected chi connectivity index (χ2v) is 8.03. The average molecular weight is 382 g/mol. The number of carbonyl (C=O) groups is 3. The minimum absolute atomic E-state index is 0.156. The molecule has 1 aromatic rings. The molecule has 28 heavy (non-hydrogen) atoms. The predicted molar refractivity (Wildman–Crippen MR) is 99.6 cm³/mol. The van der Waals surface area contributed by atoms with Crippen LogP contribution in [0.5, 0.6) is 11.5 Å². The van der Waals surface area contributed by atoms with Gasteiger partial charge in [0.15, 0.2) is 0 Å². The van der Waals surface area contributed by atoms with Gasteiger partial charge in [-0.3, -0.25) is 19.3 Å². The van der Waals surface area contributed by atoms with Crippen molar-refractivity contribution in [3.8, 4) is 11.5 Å². The van der Waals surface area contributed by atoms with Crippen LogP contribution in [-0.2, 0) is 14.4 Å². The first-order valence-corrected chi connectivity index (χ1v) is 9.59. The minimum atomic E-state index is -0.433. The molecule has 1 N–H and O–H groups in total. The maximum absolute atomic E-state index is 13.0. The van der Waals surface area contributed by atoms with E-state index < -0.39 is 5.91 Å². The van der Waals surface area contributed by atoms with Gasteiger partial charge in [-0.15, -0.1) is 0 Å². The molecule has 1 aliphatic heterocycles. The summed E-state index contributed by atoms with van der Waals surface area (Å²) in [5.74, 6) is 1.03. The number of benzene rings is 1. The van der Waals surface area contributed by atoms with Gasteiger partial charge in [0.1, 0.15) is 18.0 Å². The van der Waals surface area contributed by atoms with Crippen LogP contribution in [0.3, 0.4) is 0 Å².